The van der Waals surface area contributed by atoms with Crippen molar-refractivity contribution in [3.8, 4) is 11.5 Å². The van der Waals surface area contributed by atoms with Crippen molar-refractivity contribution in [1.82, 2.24) is 4.90 Å². The molecular formula is C28H24ClNO7. The number of aliphatic hydroxyl groups is 1. The van der Waals surface area contributed by atoms with Crippen LogP contribution in [-0.2, 0) is 16.1 Å². The van der Waals surface area contributed by atoms with Gasteiger partial charge in [-0.05, 0) is 48.4 Å². The normalized spacial score (nSPS) is 16.6. The molecule has 1 aliphatic heterocycles. The Hall–Kier alpha value is -4.30. The van der Waals surface area contributed by atoms with E-state index >= 15 is 0 Å². The monoisotopic (exact) mass is 521 g/mol. The molecular weight excluding hydrogens is 498 g/mol. The van der Waals surface area contributed by atoms with E-state index in [1.165, 1.54) is 31.3 Å². The number of carboxylic acid groups (broad SMARTS) is 1. The Labute approximate surface area is 218 Å². The van der Waals surface area contributed by atoms with Crippen molar-refractivity contribution in [2.75, 3.05) is 14.2 Å². The Morgan fingerprint density at radius 3 is 2.30 bits per heavy atom. The van der Waals surface area contributed by atoms with Crippen molar-refractivity contribution in [2.24, 2.45) is 0 Å². The first kappa shape index (κ1) is 25.8. The molecule has 0 aliphatic carbocycles. The Kier molecular flexibility index (Phi) is 7.22. The summed E-state index contributed by atoms with van der Waals surface area (Å²) in [5.74, 6) is -2.63. The quantitative estimate of drug-likeness (QED) is 0.256. The molecule has 0 bridgehead atoms. The molecule has 1 saturated heterocycles. The van der Waals surface area contributed by atoms with E-state index in [-0.39, 0.29) is 34.0 Å². The van der Waals surface area contributed by atoms with E-state index in [4.69, 9.17) is 21.1 Å². The number of amides is 1. The summed E-state index contributed by atoms with van der Waals surface area (Å²) in [6.45, 7) is 1.76. The van der Waals surface area contributed by atoms with Gasteiger partial charge in [-0.1, -0.05) is 41.9 Å². The first-order chi connectivity index (χ1) is 17.7. The van der Waals surface area contributed by atoms with Crippen LogP contribution in [-0.4, -0.2) is 47.0 Å². The third kappa shape index (κ3) is 4.75. The van der Waals surface area contributed by atoms with Crippen LogP contribution in [0.3, 0.4) is 0 Å². The average molecular weight is 522 g/mol. The summed E-state index contributed by atoms with van der Waals surface area (Å²) < 4.78 is 10.9. The number of carbonyl (C=O) groups excluding carboxylic acids is 2. The second-order valence-corrected chi connectivity index (χ2v) is 8.91. The van der Waals surface area contributed by atoms with Crippen molar-refractivity contribution in [1.29, 1.82) is 0 Å². The molecule has 1 fully saturated rings. The zero-order valence-electron chi connectivity index (χ0n) is 20.3. The minimum Gasteiger partial charge on any atom is -0.507 e. The van der Waals surface area contributed by atoms with Gasteiger partial charge in [-0.3, -0.25) is 9.59 Å². The van der Waals surface area contributed by atoms with Gasteiger partial charge < -0.3 is 24.6 Å². The summed E-state index contributed by atoms with van der Waals surface area (Å²) in [7, 11) is 2.86. The first-order valence-corrected chi connectivity index (χ1v) is 11.6. The van der Waals surface area contributed by atoms with E-state index in [0.29, 0.717) is 22.4 Å². The molecule has 3 aromatic rings. The van der Waals surface area contributed by atoms with Gasteiger partial charge in [0.15, 0.2) is 0 Å². The SMILES string of the molecule is COc1ccccc1C1/C(=C(\O)c2cc(C)cc(Cl)c2OC)C(=O)C(=O)N1Cc1ccc(C(=O)O)cc1. The van der Waals surface area contributed by atoms with E-state index < -0.39 is 29.5 Å². The maximum atomic E-state index is 13.4. The van der Waals surface area contributed by atoms with Crippen molar-refractivity contribution < 1.29 is 34.1 Å². The van der Waals surface area contributed by atoms with Gasteiger partial charge in [0, 0.05) is 12.1 Å². The number of aliphatic hydroxyl groups excluding tert-OH is 1. The number of likely N-dealkylation sites (tertiary alicyclic amines) is 1. The van der Waals surface area contributed by atoms with Gasteiger partial charge >= 0.3 is 5.97 Å². The number of hydrogen-bond donors (Lipinski definition) is 2. The number of carbonyl (C=O) groups is 3. The predicted octanol–water partition coefficient (Wildman–Crippen LogP) is 4.99. The molecule has 3 aromatic carbocycles. The lowest BCUT2D eigenvalue weighted by Gasteiger charge is -2.27. The minimum absolute atomic E-state index is 0.0182. The summed E-state index contributed by atoms with van der Waals surface area (Å²) in [6.07, 6.45) is 0. The highest BCUT2D eigenvalue weighted by Crippen LogP contribution is 2.45. The number of hydrogen-bond acceptors (Lipinski definition) is 6. The molecule has 9 heteroatoms. The highest BCUT2D eigenvalue weighted by atomic mass is 35.5. The van der Waals surface area contributed by atoms with Crippen molar-refractivity contribution >= 4 is 35.0 Å². The highest BCUT2D eigenvalue weighted by Gasteiger charge is 2.47. The molecule has 4 rings (SSSR count). The molecule has 1 unspecified atom stereocenters. The number of ketones is 1. The Balaban J connectivity index is 1.92. The van der Waals surface area contributed by atoms with Crippen molar-refractivity contribution in [3.63, 3.8) is 0 Å². The van der Waals surface area contributed by atoms with Crippen LogP contribution in [0.1, 0.15) is 38.7 Å². The number of rotatable bonds is 7. The highest BCUT2D eigenvalue weighted by molar-refractivity contribution is 6.46. The molecule has 190 valence electrons. The number of benzene rings is 3. The number of aryl methyl sites for hydroxylation is 1. The number of halogens is 1. The van der Waals surface area contributed by atoms with Gasteiger partial charge in [-0.25, -0.2) is 4.79 Å². The van der Waals surface area contributed by atoms with Gasteiger partial charge in [0.2, 0.25) is 0 Å². The average Bonchev–Trinajstić information content (AvgIpc) is 3.12. The lowest BCUT2D eigenvalue weighted by atomic mass is 9.93. The lowest BCUT2D eigenvalue weighted by molar-refractivity contribution is -0.140. The molecule has 8 nitrogen and oxygen atoms in total. The molecule has 0 aromatic heterocycles. The van der Waals surface area contributed by atoms with Crippen LogP contribution in [0.4, 0.5) is 0 Å². The van der Waals surface area contributed by atoms with Crippen molar-refractivity contribution in [3.05, 3.63) is 99.1 Å². The van der Waals surface area contributed by atoms with Crippen LogP contribution in [0, 0.1) is 6.92 Å². The topological polar surface area (TPSA) is 113 Å². The second-order valence-electron chi connectivity index (χ2n) is 8.50. The van der Waals surface area contributed by atoms with Gasteiger partial charge in [-0.2, -0.15) is 0 Å². The first-order valence-electron chi connectivity index (χ1n) is 11.3. The summed E-state index contributed by atoms with van der Waals surface area (Å²) >= 11 is 6.34. The Morgan fingerprint density at radius 1 is 1.00 bits per heavy atom. The third-order valence-electron chi connectivity index (χ3n) is 6.17. The summed E-state index contributed by atoms with van der Waals surface area (Å²) in [6, 6.07) is 15.2. The summed E-state index contributed by atoms with van der Waals surface area (Å²) in [5, 5.41) is 20.9. The zero-order chi connectivity index (χ0) is 26.9. The number of Topliss-reactive ketones (excluding diaryl/α,β-unsaturated/α-hetero) is 1. The Bertz CT molecular complexity index is 1430. The van der Waals surface area contributed by atoms with E-state index in [1.807, 2.05) is 0 Å². The molecule has 1 heterocycles. The van der Waals surface area contributed by atoms with Gasteiger partial charge in [0.1, 0.15) is 17.3 Å². The second kappa shape index (κ2) is 10.4. The summed E-state index contributed by atoms with van der Waals surface area (Å²) in [4.78, 5) is 39.3. The number of ether oxygens (including phenoxy) is 2. The van der Waals surface area contributed by atoms with Crippen molar-refractivity contribution in [2.45, 2.75) is 19.5 Å². The van der Waals surface area contributed by atoms with Crippen LogP contribution in [0.15, 0.2) is 66.2 Å². The van der Waals surface area contributed by atoms with Crippen LogP contribution in [0.2, 0.25) is 5.02 Å². The van der Waals surface area contributed by atoms with Gasteiger partial charge in [-0.15, -0.1) is 0 Å². The molecule has 0 radical (unpaired) electrons. The fourth-order valence-electron chi connectivity index (χ4n) is 4.47. The molecule has 1 atom stereocenters. The molecule has 1 amide bonds. The fourth-order valence-corrected chi connectivity index (χ4v) is 4.82. The largest absolute Gasteiger partial charge is 0.507 e. The Morgan fingerprint density at radius 2 is 1.68 bits per heavy atom. The van der Waals surface area contributed by atoms with Gasteiger partial charge in [0.05, 0.1) is 42.0 Å². The molecule has 37 heavy (non-hydrogen) atoms. The number of para-hydroxylation sites is 1. The minimum atomic E-state index is -1.08. The maximum absolute atomic E-state index is 13.4. The number of methoxy groups -OCH3 is 2. The summed E-state index contributed by atoms with van der Waals surface area (Å²) in [5.41, 5.74) is 1.94. The number of nitrogens with zero attached hydrogens (tertiary/aromatic N) is 1. The van der Waals surface area contributed by atoms with E-state index in [9.17, 15) is 24.6 Å². The lowest BCUT2D eigenvalue weighted by Crippen LogP contribution is -2.29. The molecule has 2 N–H and O–H groups in total. The fraction of sp³-hybridized carbons (Fsp3) is 0.179. The standard InChI is InChI=1S/C28H24ClNO7/c1-15-12-19(26(37-3)20(29)13-15)24(31)22-23(18-6-4-5-7-21(18)36-2)30(27(33)25(22)32)14-16-8-10-17(11-9-16)28(34)35/h4-13,23,31H,14H2,1-3H3,(H,34,35)/b24-22+. The maximum Gasteiger partial charge on any atom is 0.335 e. The number of aromatic carboxylic acids is 1. The van der Waals surface area contributed by atoms with Gasteiger partial charge in [0.25, 0.3) is 11.7 Å². The molecule has 0 spiro atoms. The van der Waals surface area contributed by atoms with Crippen LogP contribution >= 0.6 is 11.6 Å². The van der Waals surface area contributed by atoms with E-state index in [1.54, 1.807) is 55.5 Å². The van der Waals surface area contributed by atoms with E-state index in [2.05, 4.69) is 0 Å². The third-order valence-corrected chi connectivity index (χ3v) is 6.46. The molecule has 1 aliphatic rings. The van der Waals surface area contributed by atoms with Crippen LogP contribution in [0.5, 0.6) is 11.5 Å². The predicted molar refractivity (Wildman–Crippen MR) is 137 cm³/mol. The molecule has 0 saturated carbocycles. The van der Waals surface area contributed by atoms with E-state index in [0.717, 1.165) is 0 Å². The van der Waals surface area contributed by atoms with Crippen LogP contribution in [0.25, 0.3) is 5.76 Å². The van der Waals surface area contributed by atoms with Crippen LogP contribution < -0.4 is 9.47 Å². The smallest absolute Gasteiger partial charge is 0.335 e. The number of carboxylic acids is 1. The zero-order valence-corrected chi connectivity index (χ0v) is 21.1.